The van der Waals surface area contributed by atoms with Crippen LogP contribution in [0.1, 0.15) is 30.8 Å². The first-order chi connectivity index (χ1) is 15.9. The van der Waals surface area contributed by atoms with Crippen molar-refractivity contribution in [2.45, 2.75) is 36.2 Å². The third-order valence-electron chi connectivity index (χ3n) is 5.82. The molecule has 1 spiro atoms. The molecule has 2 aliphatic rings. The highest BCUT2D eigenvalue weighted by Gasteiger charge is 2.70. The van der Waals surface area contributed by atoms with Crippen LogP contribution in [0.2, 0.25) is 0 Å². The van der Waals surface area contributed by atoms with Crippen LogP contribution < -0.4 is 9.80 Å². The summed E-state index contributed by atoms with van der Waals surface area (Å²) in [7, 11) is -5.58. The average molecular weight is 497 g/mol. The molecule has 180 valence electrons. The second kappa shape index (κ2) is 7.79. The first-order valence-electron chi connectivity index (χ1n) is 10.1. The van der Waals surface area contributed by atoms with E-state index in [2.05, 4.69) is 4.98 Å². The molecule has 2 fully saturated rings. The van der Waals surface area contributed by atoms with Crippen LogP contribution in [0.4, 0.5) is 29.3 Å². The number of urea groups is 1. The number of hydrogen-bond acceptors (Lipinski definition) is 7. The van der Waals surface area contributed by atoms with Gasteiger partial charge in [0.05, 0.1) is 22.9 Å². The zero-order valence-corrected chi connectivity index (χ0v) is 18.7. The molecule has 2 heterocycles. The Kier molecular flexibility index (Phi) is 5.42. The quantitative estimate of drug-likeness (QED) is 0.460. The van der Waals surface area contributed by atoms with Crippen molar-refractivity contribution in [2.75, 3.05) is 16.4 Å². The van der Waals surface area contributed by atoms with Crippen LogP contribution in [-0.2, 0) is 19.4 Å². The Balaban J connectivity index is 1.72. The van der Waals surface area contributed by atoms with E-state index >= 15 is 0 Å². The van der Waals surface area contributed by atoms with Gasteiger partial charge >= 0.3 is 17.5 Å². The molecule has 0 N–H and O–H groups in total. The van der Waals surface area contributed by atoms with Crippen molar-refractivity contribution in [3.05, 3.63) is 48.3 Å². The summed E-state index contributed by atoms with van der Waals surface area (Å²) < 4.78 is 66.6. The van der Waals surface area contributed by atoms with Crippen molar-refractivity contribution in [3.8, 4) is 0 Å². The molecular formula is C21H18F3N3O6S. The van der Waals surface area contributed by atoms with E-state index in [0.29, 0.717) is 18.6 Å². The number of esters is 1. The van der Waals surface area contributed by atoms with Crippen LogP contribution >= 0.6 is 0 Å². The molecule has 1 aromatic carbocycles. The minimum atomic E-state index is -5.58. The van der Waals surface area contributed by atoms with E-state index in [9.17, 15) is 36.0 Å². The molecule has 13 heteroatoms. The average Bonchev–Trinajstić information content (AvgIpc) is 3.39. The van der Waals surface area contributed by atoms with E-state index in [-0.39, 0.29) is 29.6 Å². The van der Waals surface area contributed by atoms with Crippen LogP contribution in [0.15, 0.2) is 47.5 Å². The molecule has 1 saturated heterocycles. The van der Waals surface area contributed by atoms with Gasteiger partial charge in [0.2, 0.25) is 0 Å². The molecule has 3 amide bonds. The number of carbonyl (C=O) groups excluding carboxylic acids is 3. The number of alkyl halides is 3. The van der Waals surface area contributed by atoms with Crippen molar-refractivity contribution in [1.29, 1.82) is 0 Å². The van der Waals surface area contributed by atoms with E-state index < -0.39 is 43.7 Å². The highest BCUT2D eigenvalue weighted by Crippen LogP contribution is 2.55. The number of amides is 3. The van der Waals surface area contributed by atoms with Gasteiger partial charge in [-0.1, -0.05) is 6.92 Å². The number of anilines is 2. The maximum absolute atomic E-state index is 13.4. The van der Waals surface area contributed by atoms with E-state index in [1.807, 2.05) is 0 Å². The Morgan fingerprint density at radius 2 is 1.79 bits per heavy atom. The Bertz CT molecular complexity index is 1300. The molecule has 9 nitrogen and oxygen atoms in total. The summed E-state index contributed by atoms with van der Waals surface area (Å²) in [4.78, 5) is 43.7. The molecule has 0 bridgehead atoms. The van der Waals surface area contributed by atoms with Gasteiger partial charge in [0, 0.05) is 6.20 Å². The van der Waals surface area contributed by atoms with Crippen molar-refractivity contribution in [2.24, 2.45) is 5.92 Å². The monoisotopic (exact) mass is 497 g/mol. The molecule has 1 aromatic heterocycles. The Morgan fingerprint density at radius 1 is 1.18 bits per heavy atom. The maximum Gasteiger partial charge on any atom is 0.501 e. The Labute approximate surface area is 192 Å². The highest BCUT2D eigenvalue weighted by atomic mass is 32.2. The van der Waals surface area contributed by atoms with Crippen LogP contribution in [-0.4, -0.2) is 49.0 Å². The van der Waals surface area contributed by atoms with Crippen LogP contribution in [0, 0.1) is 5.92 Å². The smallest absolute Gasteiger partial charge is 0.461 e. The molecular weight excluding hydrogens is 479 g/mol. The number of halogens is 3. The summed E-state index contributed by atoms with van der Waals surface area (Å²) in [5, 5.41) is 0. The van der Waals surface area contributed by atoms with E-state index in [0.717, 1.165) is 17.0 Å². The Morgan fingerprint density at radius 3 is 2.32 bits per heavy atom. The van der Waals surface area contributed by atoms with Crippen molar-refractivity contribution in [3.63, 3.8) is 0 Å². The summed E-state index contributed by atoms with van der Waals surface area (Å²) in [6.07, 6.45) is 1.62. The second-order valence-corrected chi connectivity index (χ2v) is 9.79. The first-order valence-corrected chi connectivity index (χ1v) is 11.6. The molecule has 0 radical (unpaired) electrons. The number of aromatic nitrogens is 1. The molecule has 34 heavy (non-hydrogen) atoms. The normalized spacial score (nSPS) is 22.4. The fraction of sp³-hybridized carbons (Fsp3) is 0.333. The zero-order valence-electron chi connectivity index (χ0n) is 17.9. The number of carbonyl (C=O) groups is 3. The van der Waals surface area contributed by atoms with Gasteiger partial charge in [0.25, 0.3) is 15.7 Å². The van der Waals surface area contributed by atoms with Crippen molar-refractivity contribution in [1.82, 2.24) is 4.98 Å². The van der Waals surface area contributed by atoms with Crippen LogP contribution in [0.3, 0.4) is 0 Å². The predicted molar refractivity (Wildman–Crippen MR) is 112 cm³/mol. The maximum atomic E-state index is 13.4. The molecule has 4 rings (SSSR count). The third kappa shape index (κ3) is 3.42. The number of imide groups is 1. The molecule has 2 aromatic rings. The number of hydrogen-bond donors (Lipinski definition) is 0. The van der Waals surface area contributed by atoms with E-state index in [1.54, 1.807) is 13.8 Å². The number of benzene rings is 1. The number of rotatable bonds is 5. The lowest BCUT2D eigenvalue weighted by Gasteiger charge is -2.22. The van der Waals surface area contributed by atoms with Crippen LogP contribution in [0.5, 0.6) is 0 Å². The first kappa shape index (κ1) is 23.7. The standard InChI is InChI=1S/C21H18F3N3O6S/c1-3-33-17(28)16-10-14(8-9-25-16)27-19(30)26(18(29)20(27)11-12(20)2)13-4-6-15(7-5-13)34(31,32)21(22,23)24/h4-10,12H,3,11H2,1-2H3. The van der Waals surface area contributed by atoms with Gasteiger partial charge in [-0.2, -0.15) is 13.2 Å². The summed E-state index contributed by atoms with van der Waals surface area (Å²) >= 11 is 0. The van der Waals surface area contributed by atoms with Gasteiger partial charge in [-0.15, -0.1) is 0 Å². The van der Waals surface area contributed by atoms with Gasteiger partial charge < -0.3 is 4.74 Å². The third-order valence-corrected chi connectivity index (χ3v) is 7.33. The number of nitrogens with zero attached hydrogens (tertiary/aromatic N) is 3. The Hall–Kier alpha value is -3.48. The number of ether oxygens (including phenoxy) is 1. The van der Waals surface area contributed by atoms with Gasteiger partial charge in [-0.25, -0.2) is 27.9 Å². The van der Waals surface area contributed by atoms with Gasteiger partial charge in [0.1, 0.15) is 11.2 Å². The molecule has 1 saturated carbocycles. The van der Waals surface area contributed by atoms with Crippen molar-refractivity contribution < 1.29 is 40.7 Å². The van der Waals surface area contributed by atoms with E-state index in [1.165, 1.54) is 23.2 Å². The molecule has 1 aliphatic heterocycles. The van der Waals surface area contributed by atoms with Gasteiger partial charge in [-0.3, -0.25) is 9.69 Å². The predicted octanol–water partition coefficient (Wildman–Crippen LogP) is 3.30. The zero-order chi connectivity index (χ0) is 25.1. The SMILES string of the molecule is CCOC(=O)c1cc(N2C(=O)N(c3ccc(S(=O)(=O)C(F)(F)F)cc3)C(=O)C23CC3C)ccn1. The fourth-order valence-electron chi connectivity index (χ4n) is 4.02. The second-order valence-electron chi connectivity index (χ2n) is 7.85. The minimum absolute atomic E-state index is 0.0665. The minimum Gasteiger partial charge on any atom is -0.461 e. The largest absolute Gasteiger partial charge is 0.501 e. The lowest BCUT2D eigenvalue weighted by atomic mass is 10.1. The van der Waals surface area contributed by atoms with Gasteiger partial charge in [0.15, 0.2) is 0 Å². The van der Waals surface area contributed by atoms with Crippen LogP contribution in [0.25, 0.3) is 0 Å². The summed E-state index contributed by atoms with van der Waals surface area (Å²) in [6.45, 7) is 3.49. The molecule has 2 atom stereocenters. The summed E-state index contributed by atoms with van der Waals surface area (Å²) in [5.41, 5.74) is -6.66. The molecule has 2 unspecified atom stereocenters. The lowest BCUT2D eigenvalue weighted by Crippen LogP contribution is -2.39. The fourth-order valence-corrected chi connectivity index (χ4v) is 4.78. The summed E-state index contributed by atoms with van der Waals surface area (Å²) in [6, 6.07) is 5.29. The topological polar surface area (TPSA) is 114 Å². The van der Waals surface area contributed by atoms with E-state index in [4.69, 9.17) is 4.74 Å². The summed E-state index contributed by atoms with van der Waals surface area (Å²) in [5.74, 6) is -1.55. The van der Waals surface area contributed by atoms with Gasteiger partial charge in [-0.05, 0) is 55.7 Å². The molecule has 1 aliphatic carbocycles. The van der Waals surface area contributed by atoms with Crippen molar-refractivity contribution >= 4 is 39.1 Å². The number of pyridine rings is 1. The number of sulfone groups is 1. The highest BCUT2D eigenvalue weighted by molar-refractivity contribution is 7.92. The lowest BCUT2D eigenvalue weighted by molar-refractivity contribution is -0.119.